The van der Waals surface area contributed by atoms with E-state index in [0.29, 0.717) is 21.8 Å². The maximum atomic E-state index is 12.5. The molecule has 0 saturated heterocycles. The van der Waals surface area contributed by atoms with Crippen LogP contribution >= 0.6 is 15.9 Å². The van der Waals surface area contributed by atoms with Gasteiger partial charge >= 0.3 is 0 Å². The van der Waals surface area contributed by atoms with Gasteiger partial charge in [0.15, 0.2) is 10.3 Å². The monoisotopic (exact) mass is 364 g/mol. The molecule has 1 unspecified atom stereocenters. The molecule has 0 fully saturated rings. The van der Waals surface area contributed by atoms with Gasteiger partial charge in [0, 0.05) is 25.2 Å². The molecule has 1 amide bonds. The van der Waals surface area contributed by atoms with Crippen LogP contribution in [0.4, 0.5) is 5.82 Å². The number of carbonyl (C=O) groups excluding carboxylic acids is 1. The number of fused-ring (bicyclic) bond motifs is 1. The maximum Gasteiger partial charge on any atom is 0.273 e. The molecule has 0 aliphatic carbocycles. The number of amides is 1. The topological polar surface area (TPSA) is 65.0 Å². The van der Waals surface area contributed by atoms with Crippen LogP contribution < -0.4 is 5.32 Å². The lowest BCUT2D eigenvalue weighted by Crippen LogP contribution is -2.19. The number of hydrogen-bond acceptors (Lipinski definition) is 3. The number of anilines is 1. The molecule has 7 heteroatoms. The average Bonchev–Trinajstić information content (AvgIpc) is 3.15. The van der Waals surface area contributed by atoms with Crippen molar-refractivity contribution in [1.82, 2.24) is 14.3 Å². The van der Waals surface area contributed by atoms with Crippen LogP contribution in [0.15, 0.2) is 33.5 Å². The molecule has 3 heterocycles. The Hall–Kier alpha value is -2.02. The van der Waals surface area contributed by atoms with Gasteiger partial charge in [0.1, 0.15) is 11.5 Å². The van der Waals surface area contributed by atoms with Gasteiger partial charge in [-0.05, 0) is 29.3 Å². The van der Waals surface area contributed by atoms with Crippen LogP contribution in [-0.2, 0) is 7.05 Å². The fourth-order valence-corrected chi connectivity index (χ4v) is 2.81. The summed E-state index contributed by atoms with van der Waals surface area (Å²) in [4.78, 5) is 12.5. The highest BCUT2D eigenvalue weighted by Crippen LogP contribution is 2.26. The SMILES string of the molecule is CCC(C)n1nccc1NC(=O)c1cc2oc(Br)cc2n1C. The number of nitrogens with zero attached hydrogens (tertiary/aromatic N) is 3. The number of carbonyl (C=O) groups is 1. The first-order valence-electron chi connectivity index (χ1n) is 7.11. The van der Waals surface area contributed by atoms with Gasteiger partial charge in [0.05, 0.1) is 17.8 Å². The first kappa shape index (κ1) is 14.9. The molecule has 1 N–H and O–H groups in total. The Kier molecular flexibility index (Phi) is 3.82. The molecule has 116 valence electrons. The molecular weight excluding hydrogens is 348 g/mol. The van der Waals surface area contributed by atoms with Crippen molar-refractivity contribution in [2.24, 2.45) is 7.05 Å². The van der Waals surface area contributed by atoms with E-state index in [1.165, 1.54) is 0 Å². The van der Waals surface area contributed by atoms with Crippen molar-refractivity contribution >= 4 is 38.8 Å². The van der Waals surface area contributed by atoms with Crippen LogP contribution in [0.1, 0.15) is 36.8 Å². The molecule has 0 aliphatic rings. The van der Waals surface area contributed by atoms with E-state index in [9.17, 15) is 4.79 Å². The third-order valence-corrected chi connectivity index (χ3v) is 4.24. The Morgan fingerprint density at radius 3 is 2.95 bits per heavy atom. The van der Waals surface area contributed by atoms with E-state index in [2.05, 4.69) is 40.2 Å². The Bertz CT molecular complexity index is 830. The van der Waals surface area contributed by atoms with Gasteiger partial charge in [0.25, 0.3) is 5.91 Å². The number of aromatic nitrogens is 3. The van der Waals surface area contributed by atoms with Gasteiger partial charge in [-0.25, -0.2) is 4.68 Å². The molecule has 0 bridgehead atoms. The second kappa shape index (κ2) is 5.64. The molecule has 3 aromatic rings. The summed E-state index contributed by atoms with van der Waals surface area (Å²) < 4.78 is 9.77. The number of rotatable bonds is 4. The third kappa shape index (κ3) is 2.45. The average molecular weight is 365 g/mol. The van der Waals surface area contributed by atoms with Crippen molar-refractivity contribution in [2.45, 2.75) is 26.3 Å². The minimum Gasteiger partial charge on any atom is -0.448 e. The number of nitrogens with one attached hydrogen (secondary N) is 1. The quantitative estimate of drug-likeness (QED) is 0.761. The number of hydrogen-bond donors (Lipinski definition) is 1. The van der Waals surface area contributed by atoms with E-state index in [-0.39, 0.29) is 11.9 Å². The summed E-state index contributed by atoms with van der Waals surface area (Å²) in [7, 11) is 1.84. The fourth-order valence-electron chi connectivity index (χ4n) is 2.42. The van der Waals surface area contributed by atoms with Crippen molar-refractivity contribution < 1.29 is 9.21 Å². The number of aryl methyl sites for hydroxylation is 1. The maximum absolute atomic E-state index is 12.5. The standard InChI is InChI=1S/C15H17BrN4O2/c1-4-9(2)20-14(5-6-17-20)18-15(21)11-7-12-10(19(11)3)8-13(16)22-12/h5-9H,4H2,1-3H3,(H,18,21). The van der Waals surface area contributed by atoms with Crippen LogP contribution in [0.3, 0.4) is 0 Å². The molecule has 3 aromatic heterocycles. The van der Waals surface area contributed by atoms with E-state index < -0.39 is 0 Å². The summed E-state index contributed by atoms with van der Waals surface area (Å²) in [5, 5.41) is 7.19. The first-order chi connectivity index (χ1) is 10.5. The number of furan rings is 1. The van der Waals surface area contributed by atoms with E-state index in [0.717, 1.165) is 11.9 Å². The van der Waals surface area contributed by atoms with Gasteiger partial charge in [-0.3, -0.25) is 4.79 Å². The van der Waals surface area contributed by atoms with Gasteiger partial charge in [-0.15, -0.1) is 0 Å². The summed E-state index contributed by atoms with van der Waals surface area (Å²) in [5.74, 6) is 0.508. The Labute approximate surface area is 136 Å². The number of halogens is 1. The first-order valence-corrected chi connectivity index (χ1v) is 7.90. The van der Waals surface area contributed by atoms with E-state index in [1.807, 2.05) is 22.4 Å². The highest BCUT2D eigenvalue weighted by Gasteiger charge is 2.18. The summed E-state index contributed by atoms with van der Waals surface area (Å²) in [6.07, 6.45) is 2.63. The van der Waals surface area contributed by atoms with Crippen molar-refractivity contribution in [1.29, 1.82) is 0 Å². The molecule has 0 saturated carbocycles. The van der Waals surface area contributed by atoms with Crippen molar-refractivity contribution in [3.05, 3.63) is 34.8 Å². The Morgan fingerprint density at radius 1 is 1.50 bits per heavy atom. The highest BCUT2D eigenvalue weighted by molar-refractivity contribution is 9.10. The summed E-state index contributed by atoms with van der Waals surface area (Å²) >= 11 is 3.29. The van der Waals surface area contributed by atoms with E-state index >= 15 is 0 Å². The zero-order chi connectivity index (χ0) is 15.9. The summed E-state index contributed by atoms with van der Waals surface area (Å²) in [5.41, 5.74) is 2.08. The molecule has 0 spiro atoms. The predicted molar refractivity (Wildman–Crippen MR) is 88.1 cm³/mol. The molecule has 0 aliphatic heterocycles. The molecule has 6 nitrogen and oxygen atoms in total. The van der Waals surface area contributed by atoms with Crippen molar-refractivity contribution in [3.63, 3.8) is 0 Å². The molecule has 22 heavy (non-hydrogen) atoms. The lowest BCUT2D eigenvalue weighted by Gasteiger charge is -2.14. The Morgan fingerprint density at radius 2 is 2.27 bits per heavy atom. The normalized spacial score (nSPS) is 12.7. The fraction of sp³-hybridized carbons (Fsp3) is 0.333. The van der Waals surface area contributed by atoms with Crippen LogP contribution in [-0.4, -0.2) is 20.3 Å². The second-order valence-corrected chi connectivity index (χ2v) is 6.04. The summed E-state index contributed by atoms with van der Waals surface area (Å²) in [6, 6.07) is 5.61. The third-order valence-electron chi connectivity index (χ3n) is 3.85. The highest BCUT2D eigenvalue weighted by atomic mass is 79.9. The predicted octanol–water partition coefficient (Wildman–Crippen LogP) is 3.95. The molecule has 1 atom stereocenters. The van der Waals surface area contributed by atoms with Gasteiger partial charge in [-0.2, -0.15) is 5.10 Å². The van der Waals surface area contributed by atoms with Crippen LogP contribution in [0.2, 0.25) is 0 Å². The minimum absolute atomic E-state index is 0.185. The smallest absolute Gasteiger partial charge is 0.273 e. The van der Waals surface area contributed by atoms with Crippen molar-refractivity contribution in [2.75, 3.05) is 5.32 Å². The zero-order valence-corrected chi connectivity index (χ0v) is 14.2. The second-order valence-electron chi connectivity index (χ2n) is 5.26. The van der Waals surface area contributed by atoms with E-state index in [4.69, 9.17) is 4.42 Å². The van der Waals surface area contributed by atoms with Crippen LogP contribution in [0, 0.1) is 0 Å². The zero-order valence-electron chi connectivity index (χ0n) is 12.6. The van der Waals surface area contributed by atoms with Crippen LogP contribution in [0.25, 0.3) is 11.1 Å². The largest absolute Gasteiger partial charge is 0.448 e. The van der Waals surface area contributed by atoms with Gasteiger partial charge in [0.2, 0.25) is 0 Å². The van der Waals surface area contributed by atoms with Crippen LogP contribution in [0.5, 0.6) is 0 Å². The molecule has 0 radical (unpaired) electrons. The van der Waals surface area contributed by atoms with Gasteiger partial charge in [-0.1, -0.05) is 6.92 Å². The lowest BCUT2D eigenvalue weighted by atomic mass is 10.3. The molecule has 0 aromatic carbocycles. The molecule has 3 rings (SSSR count). The molecular formula is C15H17BrN4O2. The Balaban J connectivity index is 1.89. The van der Waals surface area contributed by atoms with Gasteiger partial charge < -0.3 is 14.3 Å². The summed E-state index contributed by atoms with van der Waals surface area (Å²) in [6.45, 7) is 4.15. The minimum atomic E-state index is -0.185. The van der Waals surface area contributed by atoms with E-state index in [1.54, 1.807) is 18.3 Å². The lowest BCUT2D eigenvalue weighted by molar-refractivity contribution is 0.101. The van der Waals surface area contributed by atoms with Crippen molar-refractivity contribution in [3.8, 4) is 0 Å².